The fourth-order valence-corrected chi connectivity index (χ4v) is 2.66. The van der Waals surface area contributed by atoms with E-state index in [1.54, 1.807) is 0 Å². The van der Waals surface area contributed by atoms with Crippen LogP contribution in [0.15, 0.2) is 12.1 Å². The van der Waals surface area contributed by atoms with Crippen LogP contribution in [0.2, 0.25) is 0 Å². The van der Waals surface area contributed by atoms with E-state index in [-0.39, 0.29) is 5.82 Å². The van der Waals surface area contributed by atoms with Gasteiger partial charge in [-0.2, -0.15) is 0 Å². The summed E-state index contributed by atoms with van der Waals surface area (Å²) >= 11 is 0. The van der Waals surface area contributed by atoms with Gasteiger partial charge in [0.25, 0.3) is 0 Å². The summed E-state index contributed by atoms with van der Waals surface area (Å²) in [6, 6.07) is 2.90. The molecule has 0 saturated carbocycles. The van der Waals surface area contributed by atoms with Crippen molar-refractivity contribution in [3.8, 4) is 5.75 Å². The van der Waals surface area contributed by atoms with E-state index in [2.05, 4.69) is 24.1 Å². The van der Waals surface area contributed by atoms with Crippen LogP contribution < -0.4 is 10.1 Å². The highest BCUT2D eigenvalue weighted by Crippen LogP contribution is 2.37. The second-order valence-corrected chi connectivity index (χ2v) is 5.18. The summed E-state index contributed by atoms with van der Waals surface area (Å²) in [5.41, 5.74) is 3.75. The Hall–Kier alpha value is -1.84. The summed E-state index contributed by atoms with van der Waals surface area (Å²) < 4.78 is 19.1. The molecule has 1 aromatic heterocycles. The Balaban J connectivity index is 2.89. The number of nitrogens with one attached hydrogen (secondary N) is 1. The lowest BCUT2D eigenvalue weighted by Crippen LogP contribution is -2.07. The van der Waals surface area contributed by atoms with Crippen molar-refractivity contribution < 1.29 is 9.13 Å². The summed E-state index contributed by atoms with van der Waals surface area (Å²) in [5, 5.41) is 4.13. The Labute approximate surface area is 119 Å². The number of ether oxygens (including phenoxy) is 1. The minimum Gasteiger partial charge on any atom is -0.494 e. The van der Waals surface area contributed by atoms with Crippen LogP contribution in [0.1, 0.15) is 37.9 Å². The summed E-state index contributed by atoms with van der Waals surface area (Å²) in [7, 11) is 1.54. The van der Waals surface area contributed by atoms with Crippen molar-refractivity contribution in [1.29, 1.82) is 0 Å². The SMILES string of the molecule is CCNc1c(C(C)C)c(C)nc2c(OC)cc(F)cc12. The number of fused-ring (bicyclic) bond motifs is 1. The van der Waals surface area contributed by atoms with Crippen LogP contribution in [0, 0.1) is 12.7 Å². The smallest absolute Gasteiger partial charge is 0.148 e. The average molecular weight is 276 g/mol. The molecule has 0 amide bonds. The lowest BCUT2D eigenvalue weighted by molar-refractivity contribution is 0.415. The van der Waals surface area contributed by atoms with E-state index in [9.17, 15) is 4.39 Å². The van der Waals surface area contributed by atoms with Crippen molar-refractivity contribution in [3.05, 3.63) is 29.2 Å². The zero-order chi connectivity index (χ0) is 14.9. The van der Waals surface area contributed by atoms with Crippen molar-refractivity contribution in [1.82, 2.24) is 4.98 Å². The van der Waals surface area contributed by atoms with Crippen LogP contribution in [-0.4, -0.2) is 18.6 Å². The third kappa shape index (κ3) is 2.42. The van der Waals surface area contributed by atoms with E-state index in [0.717, 1.165) is 28.9 Å². The minimum absolute atomic E-state index is 0.311. The molecule has 1 N–H and O–H groups in total. The maximum Gasteiger partial charge on any atom is 0.148 e. The van der Waals surface area contributed by atoms with E-state index >= 15 is 0 Å². The Morgan fingerprint density at radius 3 is 2.60 bits per heavy atom. The minimum atomic E-state index is -0.311. The molecule has 0 aliphatic rings. The molecular formula is C16H21FN2O. The van der Waals surface area contributed by atoms with Gasteiger partial charge in [-0.3, -0.25) is 0 Å². The first-order valence-electron chi connectivity index (χ1n) is 6.91. The first-order valence-corrected chi connectivity index (χ1v) is 6.91. The molecule has 2 rings (SSSR count). The predicted octanol–water partition coefficient (Wildman–Crippen LogP) is 4.25. The number of hydrogen-bond acceptors (Lipinski definition) is 3. The molecule has 0 aliphatic carbocycles. The third-order valence-electron chi connectivity index (χ3n) is 3.40. The fraction of sp³-hybridized carbons (Fsp3) is 0.438. The van der Waals surface area contributed by atoms with Gasteiger partial charge in [0.15, 0.2) is 0 Å². The van der Waals surface area contributed by atoms with Crippen molar-refractivity contribution in [2.75, 3.05) is 19.0 Å². The number of rotatable bonds is 4. The van der Waals surface area contributed by atoms with Gasteiger partial charge in [-0.05, 0) is 31.4 Å². The summed E-state index contributed by atoms with van der Waals surface area (Å²) in [5.74, 6) is 0.474. The highest BCUT2D eigenvalue weighted by Gasteiger charge is 2.18. The third-order valence-corrected chi connectivity index (χ3v) is 3.40. The quantitative estimate of drug-likeness (QED) is 0.906. The molecule has 0 atom stereocenters. The van der Waals surface area contributed by atoms with Gasteiger partial charge in [-0.25, -0.2) is 9.37 Å². The molecule has 4 heteroatoms. The van der Waals surface area contributed by atoms with E-state index in [0.29, 0.717) is 17.2 Å². The van der Waals surface area contributed by atoms with Gasteiger partial charge >= 0.3 is 0 Å². The molecular weight excluding hydrogens is 255 g/mol. The number of halogens is 1. The van der Waals surface area contributed by atoms with Crippen molar-refractivity contribution >= 4 is 16.6 Å². The second-order valence-electron chi connectivity index (χ2n) is 5.18. The first kappa shape index (κ1) is 14.6. The number of aromatic nitrogens is 1. The molecule has 0 aliphatic heterocycles. The lowest BCUT2D eigenvalue weighted by atomic mass is 9.96. The summed E-state index contributed by atoms with van der Waals surface area (Å²) in [6.45, 7) is 9.03. The molecule has 0 fully saturated rings. The molecule has 0 saturated heterocycles. The monoisotopic (exact) mass is 276 g/mol. The van der Waals surface area contributed by atoms with Crippen LogP contribution in [0.4, 0.5) is 10.1 Å². The number of nitrogens with zero attached hydrogens (tertiary/aromatic N) is 1. The van der Waals surface area contributed by atoms with Crippen LogP contribution in [0.5, 0.6) is 5.75 Å². The van der Waals surface area contributed by atoms with Crippen LogP contribution >= 0.6 is 0 Å². The molecule has 2 aromatic rings. The zero-order valence-corrected chi connectivity index (χ0v) is 12.7. The summed E-state index contributed by atoms with van der Waals surface area (Å²) in [4.78, 5) is 4.62. The molecule has 108 valence electrons. The average Bonchev–Trinajstić information content (AvgIpc) is 2.38. The fourth-order valence-electron chi connectivity index (χ4n) is 2.66. The van der Waals surface area contributed by atoms with Gasteiger partial charge in [-0.1, -0.05) is 13.8 Å². The molecule has 1 aromatic carbocycles. The number of anilines is 1. The van der Waals surface area contributed by atoms with Gasteiger partial charge < -0.3 is 10.1 Å². The van der Waals surface area contributed by atoms with E-state index in [4.69, 9.17) is 4.74 Å². The number of hydrogen-bond donors (Lipinski definition) is 1. The van der Waals surface area contributed by atoms with Crippen molar-refractivity contribution in [2.24, 2.45) is 0 Å². The molecule has 20 heavy (non-hydrogen) atoms. The van der Waals surface area contributed by atoms with Crippen LogP contribution in [0.3, 0.4) is 0 Å². The van der Waals surface area contributed by atoms with Crippen LogP contribution in [-0.2, 0) is 0 Å². The Bertz CT molecular complexity index is 638. The topological polar surface area (TPSA) is 34.2 Å². The van der Waals surface area contributed by atoms with Gasteiger partial charge in [0.1, 0.15) is 17.1 Å². The molecule has 3 nitrogen and oxygen atoms in total. The number of benzene rings is 1. The highest BCUT2D eigenvalue weighted by molar-refractivity contribution is 5.97. The number of pyridine rings is 1. The normalized spacial score (nSPS) is 11.2. The Kier molecular flexibility index (Phi) is 4.12. The van der Waals surface area contributed by atoms with Crippen LogP contribution in [0.25, 0.3) is 10.9 Å². The van der Waals surface area contributed by atoms with E-state index in [1.807, 2.05) is 13.8 Å². The maximum atomic E-state index is 13.8. The first-order chi connectivity index (χ1) is 9.49. The molecule has 0 unspecified atom stereocenters. The van der Waals surface area contributed by atoms with E-state index in [1.165, 1.54) is 19.2 Å². The van der Waals surface area contributed by atoms with Crippen molar-refractivity contribution in [3.63, 3.8) is 0 Å². The van der Waals surface area contributed by atoms with Gasteiger partial charge in [0.2, 0.25) is 0 Å². The van der Waals surface area contributed by atoms with Crippen molar-refractivity contribution in [2.45, 2.75) is 33.6 Å². The molecule has 0 bridgehead atoms. The number of aryl methyl sites for hydroxylation is 1. The highest BCUT2D eigenvalue weighted by atomic mass is 19.1. The number of methoxy groups -OCH3 is 1. The maximum absolute atomic E-state index is 13.8. The Morgan fingerprint density at radius 2 is 2.05 bits per heavy atom. The van der Waals surface area contributed by atoms with Gasteiger partial charge in [-0.15, -0.1) is 0 Å². The second kappa shape index (κ2) is 5.65. The molecule has 0 spiro atoms. The van der Waals surface area contributed by atoms with Gasteiger partial charge in [0, 0.05) is 29.4 Å². The Morgan fingerprint density at radius 1 is 1.35 bits per heavy atom. The molecule has 1 heterocycles. The van der Waals surface area contributed by atoms with E-state index < -0.39 is 0 Å². The predicted molar refractivity (Wildman–Crippen MR) is 81.2 cm³/mol. The zero-order valence-electron chi connectivity index (χ0n) is 12.7. The summed E-state index contributed by atoms with van der Waals surface area (Å²) in [6.07, 6.45) is 0. The standard InChI is InChI=1S/C16H21FN2O/c1-6-18-16-12-7-11(17)8-13(20-5)15(12)19-10(4)14(16)9(2)3/h7-9H,6H2,1-5H3,(H,18,19). The van der Waals surface area contributed by atoms with Gasteiger partial charge in [0.05, 0.1) is 7.11 Å². The molecule has 0 radical (unpaired) electrons. The largest absolute Gasteiger partial charge is 0.494 e. The lowest BCUT2D eigenvalue weighted by Gasteiger charge is -2.19.